The van der Waals surface area contributed by atoms with Gasteiger partial charge in [0.05, 0.1) is 6.54 Å². The second-order valence-electron chi connectivity index (χ2n) is 4.29. The Balaban J connectivity index is 1.98. The fraction of sp³-hybridized carbons (Fsp3) is 0.667. The molecule has 0 bridgehead atoms. The van der Waals surface area contributed by atoms with Crippen LogP contribution in [-0.4, -0.2) is 19.6 Å². The number of aryl methyl sites for hydroxylation is 1. The van der Waals surface area contributed by atoms with Crippen molar-refractivity contribution in [3.8, 4) is 0 Å². The Hall–Kier alpha value is -0.800. The van der Waals surface area contributed by atoms with E-state index < -0.39 is 0 Å². The highest BCUT2D eigenvalue weighted by Crippen LogP contribution is 2.04. The molecule has 0 unspecified atom stereocenters. The summed E-state index contributed by atoms with van der Waals surface area (Å²) in [7, 11) is 0. The highest BCUT2D eigenvalue weighted by Gasteiger charge is 1.97. The molecule has 0 atom stereocenters. The van der Waals surface area contributed by atoms with Crippen LogP contribution in [0, 0.1) is 12.8 Å². The molecule has 1 rings (SSSR count). The molecule has 15 heavy (non-hydrogen) atoms. The third kappa shape index (κ3) is 5.60. The molecule has 0 radical (unpaired) electrons. The molecule has 0 aliphatic rings. The lowest BCUT2D eigenvalue weighted by Gasteiger charge is -2.07. The number of furan rings is 1. The van der Waals surface area contributed by atoms with Crippen molar-refractivity contribution >= 4 is 0 Å². The summed E-state index contributed by atoms with van der Waals surface area (Å²) in [5.74, 6) is 2.71. The molecule has 3 nitrogen and oxygen atoms in total. The van der Waals surface area contributed by atoms with E-state index in [4.69, 9.17) is 4.42 Å². The van der Waals surface area contributed by atoms with Crippen LogP contribution in [0.25, 0.3) is 0 Å². The average molecular weight is 210 g/mol. The second-order valence-corrected chi connectivity index (χ2v) is 4.29. The average Bonchev–Trinajstić information content (AvgIpc) is 2.57. The molecular formula is C12H22N2O. The van der Waals surface area contributed by atoms with Crippen molar-refractivity contribution in [2.75, 3.05) is 19.6 Å². The molecule has 0 aromatic carbocycles. The van der Waals surface area contributed by atoms with E-state index in [0.717, 1.165) is 43.6 Å². The molecule has 1 aromatic heterocycles. The topological polar surface area (TPSA) is 37.2 Å². The van der Waals surface area contributed by atoms with Crippen molar-refractivity contribution < 1.29 is 4.42 Å². The van der Waals surface area contributed by atoms with E-state index in [9.17, 15) is 0 Å². The molecule has 0 amide bonds. The first-order valence-electron chi connectivity index (χ1n) is 5.65. The minimum atomic E-state index is 0.720. The van der Waals surface area contributed by atoms with Crippen molar-refractivity contribution in [1.29, 1.82) is 0 Å². The summed E-state index contributed by atoms with van der Waals surface area (Å²) in [6.07, 6.45) is 0. The first-order valence-corrected chi connectivity index (χ1v) is 5.65. The van der Waals surface area contributed by atoms with E-state index in [-0.39, 0.29) is 0 Å². The van der Waals surface area contributed by atoms with Gasteiger partial charge in [-0.1, -0.05) is 13.8 Å². The summed E-state index contributed by atoms with van der Waals surface area (Å²) >= 11 is 0. The van der Waals surface area contributed by atoms with Gasteiger partial charge in [-0.15, -0.1) is 0 Å². The third-order valence-corrected chi connectivity index (χ3v) is 2.13. The Morgan fingerprint density at radius 3 is 2.53 bits per heavy atom. The minimum absolute atomic E-state index is 0.720. The second kappa shape index (κ2) is 6.64. The number of hydrogen-bond donors (Lipinski definition) is 2. The summed E-state index contributed by atoms with van der Waals surface area (Å²) < 4.78 is 5.45. The zero-order chi connectivity index (χ0) is 11.1. The van der Waals surface area contributed by atoms with Gasteiger partial charge in [0.15, 0.2) is 0 Å². The van der Waals surface area contributed by atoms with E-state index in [1.807, 2.05) is 19.1 Å². The van der Waals surface area contributed by atoms with E-state index in [2.05, 4.69) is 24.5 Å². The van der Waals surface area contributed by atoms with E-state index in [1.54, 1.807) is 0 Å². The first kappa shape index (κ1) is 12.3. The third-order valence-electron chi connectivity index (χ3n) is 2.13. The fourth-order valence-electron chi connectivity index (χ4n) is 1.36. The Bertz CT molecular complexity index is 268. The maximum atomic E-state index is 5.45. The molecule has 1 heterocycles. The Kier molecular flexibility index (Phi) is 5.43. The lowest BCUT2D eigenvalue weighted by molar-refractivity contribution is 0.457. The molecule has 1 aromatic rings. The van der Waals surface area contributed by atoms with Gasteiger partial charge in [0.1, 0.15) is 11.5 Å². The van der Waals surface area contributed by atoms with Crippen LogP contribution in [-0.2, 0) is 6.54 Å². The maximum absolute atomic E-state index is 5.45. The van der Waals surface area contributed by atoms with Crippen molar-refractivity contribution in [3.05, 3.63) is 23.7 Å². The minimum Gasteiger partial charge on any atom is -0.465 e. The lowest BCUT2D eigenvalue weighted by Crippen LogP contribution is -2.29. The Morgan fingerprint density at radius 2 is 1.93 bits per heavy atom. The molecule has 0 saturated carbocycles. The van der Waals surface area contributed by atoms with Gasteiger partial charge in [0, 0.05) is 13.1 Å². The number of hydrogen-bond acceptors (Lipinski definition) is 3. The van der Waals surface area contributed by atoms with Gasteiger partial charge in [-0.05, 0) is 31.5 Å². The van der Waals surface area contributed by atoms with Crippen molar-refractivity contribution in [2.24, 2.45) is 5.92 Å². The lowest BCUT2D eigenvalue weighted by atomic mass is 10.2. The van der Waals surface area contributed by atoms with Gasteiger partial charge in [-0.25, -0.2) is 0 Å². The van der Waals surface area contributed by atoms with Gasteiger partial charge < -0.3 is 15.1 Å². The predicted molar refractivity (Wildman–Crippen MR) is 62.9 cm³/mol. The highest BCUT2D eigenvalue weighted by atomic mass is 16.3. The van der Waals surface area contributed by atoms with Crippen LogP contribution in [0.3, 0.4) is 0 Å². The van der Waals surface area contributed by atoms with Crippen LogP contribution < -0.4 is 10.6 Å². The molecule has 0 aliphatic heterocycles. The summed E-state index contributed by atoms with van der Waals surface area (Å²) in [4.78, 5) is 0. The summed E-state index contributed by atoms with van der Waals surface area (Å²) in [5, 5.41) is 6.72. The van der Waals surface area contributed by atoms with Crippen LogP contribution in [0.2, 0.25) is 0 Å². The van der Waals surface area contributed by atoms with Gasteiger partial charge >= 0.3 is 0 Å². The largest absolute Gasteiger partial charge is 0.465 e. The first-order chi connectivity index (χ1) is 7.18. The van der Waals surface area contributed by atoms with Crippen LogP contribution in [0.5, 0.6) is 0 Å². The molecular weight excluding hydrogens is 188 g/mol. The normalized spacial score (nSPS) is 11.2. The highest BCUT2D eigenvalue weighted by molar-refractivity contribution is 5.04. The Labute approximate surface area is 92.2 Å². The molecule has 0 spiro atoms. The monoisotopic (exact) mass is 210 g/mol. The van der Waals surface area contributed by atoms with Crippen LogP contribution in [0.1, 0.15) is 25.4 Å². The molecule has 2 N–H and O–H groups in total. The SMILES string of the molecule is Cc1ccc(CNCCNCC(C)C)o1. The van der Waals surface area contributed by atoms with Crippen LogP contribution >= 0.6 is 0 Å². The molecule has 3 heteroatoms. The quantitative estimate of drug-likeness (QED) is 0.675. The fourth-order valence-corrected chi connectivity index (χ4v) is 1.36. The van der Waals surface area contributed by atoms with Gasteiger partial charge in [0.2, 0.25) is 0 Å². The predicted octanol–water partition coefficient (Wildman–Crippen LogP) is 1.92. The molecule has 0 aliphatic carbocycles. The summed E-state index contributed by atoms with van der Waals surface area (Å²) in [6, 6.07) is 4.01. The van der Waals surface area contributed by atoms with E-state index in [0.29, 0.717) is 0 Å². The summed E-state index contributed by atoms with van der Waals surface area (Å²) in [6.45, 7) is 10.3. The van der Waals surface area contributed by atoms with Crippen molar-refractivity contribution in [1.82, 2.24) is 10.6 Å². The number of rotatable bonds is 7. The van der Waals surface area contributed by atoms with E-state index in [1.165, 1.54) is 0 Å². The van der Waals surface area contributed by atoms with Gasteiger partial charge in [-0.2, -0.15) is 0 Å². The molecule has 0 saturated heterocycles. The van der Waals surface area contributed by atoms with Gasteiger partial charge in [-0.3, -0.25) is 0 Å². The van der Waals surface area contributed by atoms with Gasteiger partial charge in [0.25, 0.3) is 0 Å². The molecule has 0 fully saturated rings. The van der Waals surface area contributed by atoms with Crippen LogP contribution in [0.4, 0.5) is 0 Å². The Morgan fingerprint density at radius 1 is 1.20 bits per heavy atom. The van der Waals surface area contributed by atoms with Crippen molar-refractivity contribution in [2.45, 2.75) is 27.3 Å². The van der Waals surface area contributed by atoms with E-state index >= 15 is 0 Å². The smallest absolute Gasteiger partial charge is 0.117 e. The number of nitrogens with one attached hydrogen (secondary N) is 2. The zero-order valence-electron chi connectivity index (χ0n) is 9.97. The standard InChI is InChI=1S/C12H22N2O/c1-10(2)8-13-6-7-14-9-12-5-4-11(3)15-12/h4-5,10,13-14H,6-9H2,1-3H3. The maximum Gasteiger partial charge on any atom is 0.117 e. The zero-order valence-corrected chi connectivity index (χ0v) is 9.97. The summed E-state index contributed by atoms with van der Waals surface area (Å²) in [5.41, 5.74) is 0. The molecule has 86 valence electrons. The van der Waals surface area contributed by atoms with Crippen molar-refractivity contribution in [3.63, 3.8) is 0 Å². The van der Waals surface area contributed by atoms with Crippen LogP contribution in [0.15, 0.2) is 16.5 Å².